The molecule has 1 aliphatic rings. The molecule has 1 saturated heterocycles. The third-order valence-electron chi connectivity index (χ3n) is 3.52. The van der Waals surface area contributed by atoms with E-state index in [9.17, 15) is 13.2 Å². The van der Waals surface area contributed by atoms with Crippen LogP contribution in [-0.4, -0.2) is 51.5 Å². The molecule has 1 aliphatic heterocycles. The van der Waals surface area contributed by atoms with Crippen molar-refractivity contribution >= 4 is 12.4 Å². The molecule has 126 valence electrons. The molecule has 1 fully saturated rings. The predicted octanol–water partition coefficient (Wildman–Crippen LogP) is 2.63. The van der Waals surface area contributed by atoms with Crippen LogP contribution in [0.3, 0.4) is 0 Å². The van der Waals surface area contributed by atoms with Crippen LogP contribution < -0.4 is 14.8 Å². The maximum atomic E-state index is 13.5. The van der Waals surface area contributed by atoms with Gasteiger partial charge in [0.2, 0.25) is 0 Å². The van der Waals surface area contributed by atoms with Gasteiger partial charge in [-0.15, -0.1) is 12.4 Å². The van der Waals surface area contributed by atoms with Crippen LogP contribution in [0.2, 0.25) is 0 Å². The van der Waals surface area contributed by atoms with E-state index in [0.717, 1.165) is 0 Å². The first-order valence-corrected chi connectivity index (χ1v) is 6.70. The molecule has 0 amide bonds. The Bertz CT molecular complexity index is 457. The summed E-state index contributed by atoms with van der Waals surface area (Å²) in [5.74, 6) is 0.711. The van der Waals surface area contributed by atoms with Gasteiger partial charge in [-0.1, -0.05) is 0 Å². The Kier molecular flexibility index (Phi) is 6.77. The lowest BCUT2D eigenvalue weighted by Crippen LogP contribution is -2.49. The van der Waals surface area contributed by atoms with Crippen LogP contribution in [0.4, 0.5) is 13.2 Å². The predicted molar refractivity (Wildman–Crippen MR) is 80.0 cm³/mol. The topological polar surface area (TPSA) is 33.7 Å². The van der Waals surface area contributed by atoms with Gasteiger partial charge in [-0.3, -0.25) is 4.90 Å². The van der Waals surface area contributed by atoms with Gasteiger partial charge in [0.1, 0.15) is 17.5 Å². The van der Waals surface area contributed by atoms with Crippen molar-refractivity contribution in [2.45, 2.75) is 12.2 Å². The summed E-state index contributed by atoms with van der Waals surface area (Å²) in [6.07, 6.45) is -4.35. The van der Waals surface area contributed by atoms with Crippen LogP contribution in [0.5, 0.6) is 11.5 Å². The molecule has 1 aromatic carbocycles. The highest BCUT2D eigenvalue weighted by Crippen LogP contribution is 2.40. The number of nitrogens with zero attached hydrogens (tertiary/aromatic N) is 1. The zero-order chi connectivity index (χ0) is 15.5. The molecule has 0 unspecified atom stereocenters. The smallest absolute Gasteiger partial charge is 0.408 e. The Balaban J connectivity index is 0.00000242. The molecule has 0 aromatic heterocycles. The summed E-state index contributed by atoms with van der Waals surface area (Å²) in [5.41, 5.74) is 0.139. The molecule has 0 radical (unpaired) electrons. The lowest BCUT2D eigenvalue weighted by molar-refractivity contribution is -0.187. The molecule has 1 heterocycles. The highest BCUT2D eigenvalue weighted by molar-refractivity contribution is 5.85. The summed E-state index contributed by atoms with van der Waals surface area (Å²) < 4.78 is 50.7. The fourth-order valence-electron chi connectivity index (χ4n) is 2.53. The first-order valence-electron chi connectivity index (χ1n) is 6.70. The van der Waals surface area contributed by atoms with Crippen molar-refractivity contribution in [1.82, 2.24) is 10.2 Å². The highest BCUT2D eigenvalue weighted by atomic mass is 35.5. The van der Waals surface area contributed by atoms with Gasteiger partial charge in [-0.25, -0.2) is 0 Å². The molecule has 0 aliphatic carbocycles. The average molecular weight is 341 g/mol. The zero-order valence-electron chi connectivity index (χ0n) is 12.4. The van der Waals surface area contributed by atoms with Gasteiger partial charge < -0.3 is 14.8 Å². The second-order valence-corrected chi connectivity index (χ2v) is 4.88. The summed E-state index contributed by atoms with van der Waals surface area (Å²) in [6, 6.07) is 2.75. The third-order valence-corrected chi connectivity index (χ3v) is 3.52. The average Bonchev–Trinajstić information content (AvgIpc) is 2.46. The first kappa shape index (κ1) is 18.9. The van der Waals surface area contributed by atoms with Crippen LogP contribution in [0.25, 0.3) is 0 Å². The number of rotatable bonds is 4. The second-order valence-electron chi connectivity index (χ2n) is 4.88. The first-order chi connectivity index (χ1) is 9.95. The molecule has 1 N–H and O–H groups in total. The number of nitrogens with one attached hydrogen (secondary N) is 1. The van der Waals surface area contributed by atoms with Crippen molar-refractivity contribution in [2.24, 2.45) is 0 Å². The number of halogens is 4. The number of hydrogen-bond donors (Lipinski definition) is 1. The van der Waals surface area contributed by atoms with E-state index in [1.807, 2.05) is 0 Å². The standard InChI is InChI=1S/C14H19F3N2O2.ClH/c1-20-11-7-10(8-12(9-11)21-2)13(14(15,16)17)19-5-3-18-4-6-19;/h7-9,13,18H,3-6H2,1-2H3;1H/t13-;/m1./s1. The molecule has 4 nitrogen and oxygen atoms in total. The van der Waals surface area contributed by atoms with Gasteiger partial charge in [-0.05, 0) is 17.7 Å². The van der Waals surface area contributed by atoms with Crippen molar-refractivity contribution in [1.29, 1.82) is 0 Å². The van der Waals surface area contributed by atoms with Crippen LogP contribution in [-0.2, 0) is 0 Å². The Hall–Kier alpha value is -1.18. The Morgan fingerprint density at radius 1 is 1.05 bits per heavy atom. The second kappa shape index (κ2) is 7.89. The maximum Gasteiger partial charge on any atom is 0.408 e. The van der Waals surface area contributed by atoms with Crippen LogP contribution in [0.15, 0.2) is 18.2 Å². The molecule has 2 rings (SSSR count). The van der Waals surface area contributed by atoms with Crippen LogP contribution in [0, 0.1) is 0 Å². The number of piperazine rings is 1. The molecule has 0 spiro atoms. The number of benzene rings is 1. The molecular weight excluding hydrogens is 321 g/mol. The SMILES string of the molecule is COc1cc(OC)cc([C@@H](N2CCNCC2)C(F)(F)F)c1.Cl. The Morgan fingerprint density at radius 2 is 1.55 bits per heavy atom. The number of methoxy groups -OCH3 is 2. The van der Waals surface area contributed by atoms with Crippen LogP contribution in [0.1, 0.15) is 11.6 Å². The van der Waals surface area contributed by atoms with Crippen molar-refractivity contribution in [2.75, 3.05) is 40.4 Å². The van der Waals surface area contributed by atoms with E-state index >= 15 is 0 Å². The van der Waals surface area contributed by atoms with Crippen LogP contribution >= 0.6 is 12.4 Å². The quantitative estimate of drug-likeness (QED) is 0.913. The van der Waals surface area contributed by atoms with E-state index in [1.165, 1.54) is 31.3 Å². The summed E-state index contributed by atoms with van der Waals surface area (Å²) >= 11 is 0. The normalized spacial score (nSPS) is 17.5. The molecular formula is C14H20ClF3N2O2. The monoisotopic (exact) mass is 340 g/mol. The number of alkyl halides is 3. The van der Waals surface area contributed by atoms with E-state index in [1.54, 1.807) is 6.07 Å². The highest BCUT2D eigenvalue weighted by Gasteiger charge is 2.45. The Labute approximate surface area is 134 Å². The summed E-state index contributed by atoms with van der Waals surface area (Å²) in [7, 11) is 2.85. The van der Waals surface area contributed by atoms with Gasteiger partial charge >= 0.3 is 6.18 Å². The fourth-order valence-corrected chi connectivity index (χ4v) is 2.53. The van der Waals surface area contributed by atoms with E-state index in [-0.39, 0.29) is 18.0 Å². The zero-order valence-corrected chi connectivity index (χ0v) is 13.3. The largest absolute Gasteiger partial charge is 0.497 e. The number of hydrogen-bond acceptors (Lipinski definition) is 4. The molecule has 8 heteroatoms. The minimum Gasteiger partial charge on any atom is -0.497 e. The van der Waals surface area contributed by atoms with E-state index in [4.69, 9.17) is 9.47 Å². The third kappa shape index (κ3) is 4.41. The minimum atomic E-state index is -4.35. The Morgan fingerprint density at radius 3 is 1.95 bits per heavy atom. The summed E-state index contributed by atoms with van der Waals surface area (Å²) in [4.78, 5) is 1.44. The molecule has 1 atom stereocenters. The molecule has 1 aromatic rings. The van der Waals surface area contributed by atoms with Gasteiger partial charge in [0, 0.05) is 32.2 Å². The van der Waals surface area contributed by atoms with Gasteiger partial charge in [0.05, 0.1) is 14.2 Å². The lowest BCUT2D eigenvalue weighted by atomic mass is 10.0. The summed E-state index contributed by atoms with van der Waals surface area (Å²) in [5, 5.41) is 3.06. The summed E-state index contributed by atoms with van der Waals surface area (Å²) in [6.45, 7) is 1.80. The molecule has 0 saturated carbocycles. The van der Waals surface area contributed by atoms with Crippen molar-refractivity contribution in [3.05, 3.63) is 23.8 Å². The van der Waals surface area contributed by atoms with Gasteiger partial charge in [0.15, 0.2) is 0 Å². The fraction of sp³-hybridized carbons (Fsp3) is 0.571. The van der Waals surface area contributed by atoms with E-state index in [0.29, 0.717) is 37.7 Å². The molecule has 22 heavy (non-hydrogen) atoms. The number of ether oxygens (including phenoxy) is 2. The van der Waals surface area contributed by atoms with Crippen molar-refractivity contribution < 1.29 is 22.6 Å². The van der Waals surface area contributed by atoms with Crippen molar-refractivity contribution in [3.63, 3.8) is 0 Å². The maximum absolute atomic E-state index is 13.5. The van der Waals surface area contributed by atoms with Gasteiger partial charge in [-0.2, -0.15) is 13.2 Å². The van der Waals surface area contributed by atoms with Gasteiger partial charge in [0.25, 0.3) is 0 Å². The molecule has 0 bridgehead atoms. The van der Waals surface area contributed by atoms with E-state index < -0.39 is 12.2 Å². The minimum absolute atomic E-state index is 0. The van der Waals surface area contributed by atoms with Crippen molar-refractivity contribution in [3.8, 4) is 11.5 Å². The lowest BCUT2D eigenvalue weighted by Gasteiger charge is -2.36. The van der Waals surface area contributed by atoms with E-state index in [2.05, 4.69) is 5.32 Å².